The van der Waals surface area contributed by atoms with Crippen molar-refractivity contribution in [2.45, 2.75) is 0 Å². The minimum Gasteiger partial charge on any atom is -0.308 e. The minimum atomic E-state index is 0.645. The Bertz CT molecular complexity index is 3140. The van der Waals surface area contributed by atoms with E-state index in [-0.39, 0.29) is 0 Å². The van der Waals surface area contributed by atoms with E-state index in [0.717, 1.165) is 33.2 Å². The van der Waals surface area contributed by atoms with Gasteiger partial charge in [-0.1, -0.05) is 140 Å². The van der Waals surface area contributed by atoms with Crippen molar-refractivity contribution in [3.63, 3.8) is 0 Å². The molecule has 0 spiro atoms. The molecule has 51 heavy (non-hydrogen) atoms. The van der Waals surface area contributed by atoms with Crippen molar-refractivity contribution in [3.05, 3.63) is 170 Å². The van der Waals surface area contributed by atoms with Gasteiger partial charge >= 0.3 is 0 Å². The SMILES string of the molecule is c1ccc(-c2nc(-c3ccc4ccccc4c3)nc(-c3ccc4c(c3-c3ccc5ccccc5c3)c3cccc5c6ccccc6n4c53)n2)cc1. The van der Waals surface area contributed by atoms with Gasteiger partial charge in [-0.3, -0.25) is 0 Å². The van der Waals surface area contributed by atoms with E-state index in [0.29, 0.717) is 17.5 Å². The summed E-state index contributed by atoms with van der Waals surface area (Å²) in [4.78, 5) is 15.6. The van der Waals surface area contributed by atoms with Gasteiger partial charge in [0.15, 0.2) is 17.5 Å². The highest BCUT2D eigenvalue weighted by molar-refractivity contribution is 6.27. The van der Waals surface area contributed by atoms with Gasteiger partial charge in [0.25, 0.3) is 0 Å². The van der Waals surface area contributed by atoms with Gasteiger partial charge in [0.1, 0.15) is 0 Å². The van der Waals surface area contributed by atoms with Gasteiger partial charge in [-0.25, -0.2) is 15.0 Å². The Morgan fingerprint density at radius 3 is 1.73 bits per heavy atom. The number of hydrogen-bond acceptors (Lipinski definition) is 3. The van der Waals surface area contributed by atoms with Crippen LogP contribution >= 0.6 is 0 Å². The van der Waals surface area contributed by atoms with Gasteiger partial charge in [-0.15, -0.1) is 0 Å². The van der Waals surface area contributed by atoms with E-state index in [1.807, 2.05) is 18.2 Å². The van der Waals surface area contributed by atoms with E-state index in [4.69, 9.17) is 15.0 Å². The van der Waals surface area contributed by atoms with Crippen LogP contribution < -0.4 is 0 Å². The molecule has 8 aromatic carbocycles. The molecule has 0 saturated carbocycles. The summed E-state index contributed by atoms with van der Waals surface area (Å²) in [5, 5.41) is 9.67. The van der Waals surface area contributed by atoms with Crippen LogP contribution in [0.5, 0.6) is 0 Å². The number of para-hydroxylation sites is 2. The summed E-state index contributed by atoms with van der Waals surface area (Å²) in [6.07, 6.45) is 0. The Balaban J connectivity index is 1.26. The number of aromatic nitrogens is 4. The molecule has 0 atom stereocenters. The van der Waals surface area contributed by atoms with E-state index < -0.39 is 0 Å². The first-order valence-corrected chi connectivity index (χ1v) is 17.3. The maximum Gasteiger partial charge on any atom is 0.164 e. The second-order valence-electron chi connectivity index (χ2n) is 13.2. The maximum absolute atomic E-state index is 5.29. The first kappa shape index (κ1) is 28.0. The molecule has 0 bridgehead atoms. The third-order valence-electron chi connectivity index (χ3n) is 10.3. The standard InChI is InChI=1S/C47H28N4/c1-2-13-31(14-3-1)45-48-46(35-24-22-30-12-5-7-16-33(30)28-35)50-47(49-45)39-25-26-41-43(42(39)34-23-21-29-11-4-6-15-32(29)27-34)38-19-10-18-37-36-17-8-9-20-40(36)51(41)44(37)38/h1-28H. The molecule has 3 aromatic heterocycles. The average molecular weight is 649 g/mol. The number of rotatable bonds is 4. The number of benzene rings is 8. The second kappa shape index (κ2) is 10.8. The molecular formula is C47H28N4. The monoisotopic (exact) mass is 648 g/mol. The lowest BCUT2D eigenvalue weighted by Crippen LogP contribution is -2.01. The van der Waals surface area contributed by atoms with Gasteiger partial charge < -0.3 is 4.40 Å². The molecule has 3 heterocycles. The zero-order valence-electron chi connectivity index (χ0n) is 27.5. The van der Waals surface area contributed by atoms with E-state index >= 15 is 0 Å². The summed E-state index contributed by atoms with van der Waals surface area (Å²) >= 11 is 0. The Kier molecular flexibility index (Phi) is 5.92. The number of fused-ring (bicyclic) bond motifs is 8. The first-order valence-electron chi connectivity index (χ1n) is 17.3. The molecule has 0 aliphatic carbocycles. The largest absolute Gasteiger partial charge is 0.308 e. The van der Waals surface area contributed by atoms with Gasteiger partial charge in [0, 0.05) is 43.8 Å². The predicted octanol–water partition coefficient (Wildman–Crippen LogP) is 12.0. The maximum atomic E-state index is 5.29. The number of hydrogen-bond donors (Lipinski definition) is 0. The Morgan fingerprint density at radius 1 is 0.353 bits per heavy atom. The fraction of sp³-hybridized carbons (Fsp3) is 0. The molecule has 0 fully saturated rings. The van der Waals surface area contributed by atoms with E-state index in [2.05, 4.69) is 156 Å². The van der Waals surface area contributed by atoms with Crippen molar-refractivity contribution in [2.75, 3.05) is 0 Å². The highest BCUT2D eigenvalue weighted by Crippen LogP contribution is 2.46. The Hall–Kier alpha value is -6.91. The summed E-state index contributed by atoms with van der Waals surface area (Å²) in [5.41, 5.74) is 8.74. The molecule has 11 aromatic rings. The summed E-state index contributed by atoms with van der Waals surface area (Å²) in [7, 11) is 0. The summed E-state index contributed by atoms with van der Waals surface area (Å²) in [6.45, 7) is 0. The highest BCUT2D eigenvalue weighted by Gasteiger charge is 2.24. The molecule has 236 valence electrons. The average Bonchev–Trinajstić information content (AvgIpc) is 3.73. The molecule has 0 amide bonds. The molecule has 4 nitrogen and oxygen atoms in total. The third kappa shape index (κ3) is 4.23. The Labute approximate surface area is 293 Å². The van der Waals surface area contributed by atoms with Gasteiger partial charge in [-0.05, 0) is 57.4 Å². The molecule has 0 radical (unpaired) electrons. The molecule has 0 aliphatic rings. The Morgan fingerprint density at radius 2 is 0.941 bits per heavy atom. The number of nitrogens with zero attached hydrogens (tertiary/aromatic N) is 4. The van der Waals surface area contributed by atoms with Crippen LogP contribution in [-0.4, -0.2) is 19.4 Å². The van der Waals surface area contributed by atoms with Crippen molar-refractivity contribution in [3.8, 4) is 45.3 Å². The van der Waals surface area contributed by atoms with Gasteiger partial charge in [0.2, 0.25) is 0 Å². The van der Waals surface area contributed by atoms with Crippen LogP contribution in [0.4, 0.5) is 0 Å². The molecule has 0 saturated heterocycles. The molecular weight excluding hydrogens is 621 g/mol. The molecule has 0 N–H and O–H groups in total. The van der Waals surface area contributed by atoms with Crippen molar-refractivity contribution in [1.82, 2.24) is 19.4 Å². The van der Waals surface area contributed by atoms with Crippen LogP contribution in [0.2, 0.25) is 0 Å². The minimum absolute atomic E-state index is 0.645. The lowest BCUT2D eigenvalue weighted by molar-refractivity contribution is 1.08. The molecule has 0 aliphatic heterocycles. The third-order valence-corrected chi connectivity index (χ3v) is 10.3. The highest BCUT2D eigenvalue weighted by atomic mass is 15.0. The summed E-state index contributed by atoms with van der Waals surface area (Å²) < 4.78 is 2.44. The first-order chi connectivity index (χ1) is 25.3. The van der Waals surface area contributed by atoms with Gasteiger partial charge in [-0.2, -0.15) is 0 Å². The normalized spacial score (nSPS) is 11.9. The van der Waals surface area contributed by atoms with E-state index in [1.165, 1.54) is 54.3 Å². The van der Waals surface area contributed by atoms with Crippen molar-refractivity contribution in [2.24, 2.45) is 0 Å². The molecule has 11 rings (SSSR count). The molecule has 0 unspecified atom stereocenters. The second-order valence-corrected chi connectivity index (χ2v) is 13.2. The van der Waals surface area contributed by atoms with E-state index in [9.17, 15) is 0 Å². The van der Waals surface area contributed by atoms with Crippen molar-refractivity contribution in [1.29, 1.82) is 0 Å². The fourth-order valence-corrected chi connectivity index (χ4v) is 8.02. The van der Waals surface area contributed by atoms with Crippen LogP contribution in [0.25, 0.3) is 105 Å². The van der Waals surface area contributed by atoms with Crippen molar-refractivity contribution < 1.29 is 0 Å². The zero-order valence-corrected chi connectivity index (χ0v) is 27.5. The lowest BCUT2D eigenvalue weighted by Gasteiger charge is -2.15. The van der Waals surface area contributed by atoms with Crippen LogP contribution in [0, 0.1) is 0 Å². The zero-order chi connectivity index (χ0) is 33.5. The fourth-order valence-electron chi connectivity index (χ4n) is 8.02. The lowest BCUT2D eigenvalue weighted by atomic mass is 9.92. The van der Waals surface area contributed by atoms with Crippen LogP contribution in [-0.2, 0) is 0 Å². The summed E-state index contributed by atoms with van der Waals surface area (Å²) in [5.74, 6) is 1.94. The van der Waals surface area contributed by atoms with Gasteiger partial charge in [0.05, 0.1) is 16.6 Å². The van der Waals surface area contributed by atoms with Crippen molar-refractivity contribution >= 4 is 59.6 Å². The van der Waals surface area contributed by atoms with Crippen LogP contribution in [0.15, 0.2) is 170 Å². The summed E-state index contributed by atoms with van der Waals surface area (Å²) in [6, 6.07) is 60.3. The smallest absolute Gasteiger partial charge is 0.164 e. The van der Waals surface area contributed by atoms with E-state index in [1.54, 1.807) is 0 Å². The van der Waals surface area contributed by atoms with Crippen LogP contribution in [0.3, 0.4) is 0 Å². The predicted molar refractivity (Wildman–Crippen MR) is 211 cm³/mol. The molecule has 4 heteroatoms. The quantitative estimate of drug-likeness (QED) is 0.191. The van der Waals surface area contributed by atoms with Crippen LogP contribution in [0.1, 0.15) is 0 Å². The topological polar surface area (TPSA) is 43.1 Å².